The van der Waals surface area contributed by atoms with Crippen molar-refractivity contribution in [2.45, 2.75) is 16.5 Å². The van der Waals surface area contributed by atoms with E-state index in [1.165, 1.54) is 14.2 Å². The van der Waals surface area contributed by atoms with Crippen molar-refractivity contribution in [3.8, 4) is 12.0 Å². The predicted octanol–water partition coefficient (Wildman–Crippen LogP) is 1.71. The first-order chi connectivity index (χ1) is 13.5. The van der Waals surface area contributed by atoms with Gasteiger partial charge in [0.25, 0.3) is 10.0 Å². The molecule has 160 valence electrons. The third-order valence-electron chi connectivity index (χ3n) is 3.15. The lowest BCUT2D eigenvalue weighted by molar-refractivity contribution is -0.261. The van der Waals surface area contributed by atoms with Gasteiger partial charge in [0.2, 0.25) is 12.1 Å². The minimum atomic E-state index is -4.72. The van der Waals surface area contributed by atoms with Gasteiger partial charge in [-0.05, 0) is 11.4 Å². The number of anilines is 1. The molecule has 2 amide bonds. The summed E-state index contributed by atoms with van der Waals surface area (Å²) in [5.41, 5.74) is -0.870. The number of methoxy groups -OCH3 is 3. The minimum absolute atomic E-state index is 0.238. The maximum absolute atomic E-state index is 14.1. The van der Waals surface area contributed by atoms with Crippen LogP contribution in [0.3, 0.4) is 0 Å². The van der Waals surface area contributed by atoms with Crippen LogP contribution < -0.4 is 19.5 Å². The first-order valence-corrected chi connectivity index (χ1v) is 9.72. The smallest absolute Gasteiger partial charge is 0.390 e. The molecule has 2 N–H and O–H groups in total. The van der Waals surface area contributed by atoms with E-state index in [2.05, 4.69) is 19.7 Å². The molecule has 0 aliphatic carbocycles. The van der Waals surface area contributed by atoms with Crippen LogP contribution in [0.5, 0.6) is 12.0 Å². The molecule has 0 aliphatic heterocycles. The highest BCUT2D eigenvalue weighted by molar-refractivity contribution is 7.92. The maximum atomic E-state index is 14.1. The molecule has 0 spiro atoms. The molecule has 0 fully saturated rings. The van der Waals surface area contributed by atoms with Crippen molar-refractivity contribution in [3.05, 3.63) is 17.0 Å². The Hall–Kier alpha value is -2.72. The Kier molecular flexibility index (Phi) is 6.81. The van der Waals surface area contributed by atoms with Gasteiger partial charge in [-0.1, -0.05) is 0 Å². The molecule has 11 nitrogen and oxygen atoms in total. The van der Waals surface area contributed by atoms with Crippen molar-refractivity contribution in [1.29, 1.82) is 0 Å². The van der Waals surface area contributed by atoms with E-state index in [1.807, 2.05) is 5.32 Å². The number of alkyl halides is 3. The first kappa shape index (κ1) is 22.6. The standard InChI is InChI=1S/C13H14F3N5O6S2/c1-25-11-18-9(19-12(20-11)26-2)17-10(22)21-29(23,24)8-6(4-5-28-8)7(14)13(15,16)27-3/h4-5,7H,1-3H3,(H2,17,18,19,20,21,22). The average Bonchev–Trinajstić information content (AvgIpc) is 3.17. The number of nitrogens with zero attached hydrogens (tertiary/aromatic N) is 3. The Morgan fingerprint density at radius 2 is 1.76 bits per heavy atom. The molecule has 2 heterocycles. The van der Waals surface area contributed by atoms with Crippen molar-refractivity contribution in [3.63, 3.8) is 0 Å². The van der Waals surface area contributed by atoms with Crippen molar-refractivity contribution >= 4 is 33.3 Å². The van der Waals surface area contributed by atoms with Crippen LogP contribution in [-0.4, -0.2) is 56.8 Å². The molecular weight excluding hydrogens is 443 g/mol. The monoisotopic (exact) mass is 457 g/mol. The van der Waals surface area contributed by atoms with E-state index < -0.39 is 44.1 Å². The lowest BCUT2D eigenvalue weighted by Gasteiger charge is -2.19. The number of rotatable bonds is 8. The molecule has 0 aromatic carbocycles. The lowest BCUT2D eigenvalue weighted by atomic mass is 10.2. The number of carbonyl (C=O) groups is 1. The van der Waals surface area contributed by atoms with Crippen LogP contribution in [-0.2, 0) is 14.8 Å². The van der Waals surface area contributed by atoms with Gasteiger partial charge in [-0.25, -0.2) is 22.3 Å². The molecule has 1 atom stereocenters. The van der Waals surface area contributed by atoms with E-state index in [0.29, 0.717) is 18.4 Å². The van der Waals surface area contributed by atoms with Gasteiger partial charge in [0, 0.05) is 12.7 Å². The Morgan fingerprint density at radius 3 is 2.28 bits per heavy atom. The van der Waals surface area contributed by atoms with Gasteiger partial charge in [0.15, 0.2) is 0 Å². The molecule has 16 heteroatoms. The largest absolute Gasteiger partial charge is 0.467 e. The summed E-state index contributed by atoms with van der Waals surface area (Å²) in [7, 11) is -1.70. The summed E-state index contributed by atoms with van der Waals surface area (Å²) in [6, 6.07) is -0.986. The fourth-order valence-corrected chi connectivity index (χ4v) is 4.18. The van der Waals surface area contributed by atoms with Crippen molar-refractivity contribution in [2.24, 2.45) is 0 Å². The molecule has 0 saturated carbocycles. The normalized spacial score (nSPS) is 12.9. The van der Waals surface area contributed by atoms with Gasteiger partial charge in [-0.15, -0.1) is 16.3 Å². The number of halogens is 3. The molecule has 0 saturated heterocycles. The van der Waals surface area contributed by atoms with Gasteiger partial charge in [-0.3, -0.25) is 5.32 Å². The zero-order valence-electron chi connectivity index (χ0n) is 15.0. The molecule has 0 aliphatic rings. The third-order valence-corrected chi connectivity index (χ3v) is 6.00. The van der Waals surface area contributed by atoms with Crippen molar-refractivity contribution in [1.82, 2.24) is 19.7 Å². The van der Waals surface area contributed by atoms with Crippen LogP contribution in [0.2, 0.25) is 0 Å². The van der Waals surface area contributed by atoms with Gasteiger partial charge < -0.3 is 14.2 Å². The van der Waals surface area contributed by atoms with E-state index in [1.54, 1.807) is 4.72 Å². The lowest BCUT2D eigenvalue weighted by Crippen LogP contribution is -2.35. The third kappa shape index (κ3) is 5.21. The summed E-state index contributed by atoms with van der Waals surface area (Å²) in [5, 5.41) is 3.06. The van der Waals surface area contributed by atoms with Crippen LogP contribution in [0.25, 0.3) is 0 Å². The number of hydrogen-bond donors (Lipinski definition) is 2. The molecule has 29 heavy (non-hydrogen) atoms. The molecule has 1 unspecified atom stereocenters. The number of thiophene rings is 1. The summed E-state index contributed by atoms with van der Waals surface area (Å²) in [6.45, 7) is 0. The number of aromatic nitrogens is 3. The van der Waals surface area contributed by atoms with Crippen LogP contribution >= 0.6 is 11.3 Å². The second kappa shape index (κ2) is 8.75. The number of amides is 2. The van der Waals surface area contributed by atoms with Gasteiger partial charge in [-0.2, -0.15) is 18.7 Å². The number of hydrogen-bond acceptors (Lipinski definition) is 10. The summed E-state index contributed by atoms with van der Waals surface area (Å²) in [4.78, 5) is 23.0. The fourth-order valence-electron chi connectivity index (χ4n) is 1.87. The molecule has 0 radical (unpaired) electrons. The van der Waals surface area contributed by atoms with Gasteiger partial charge >= 0.3 is 24.2 Å². The summed E-state index contributed by atoms with van der Waals surface area (Å²) >= 11 is 0.431. The molecule has 2 aromatic rings. The number of sulfonamides is 1. The zero-order valence-corrected chi connectivity index (χ0v) is 16.6. The zero-order chi connectivity index (χ0) is 21.8. The SMILES string of the molecule is COc1nc(NC(=O)NS(=O)(=O)c2sccc2C(F)C(F)(F)OC)nc(OC)n1. The topological polar surface area (TPSA) is 142 Å². The van der Waals surface area contributed by atoms with E-state index in [9.17, 15) is 26.4 Å². The number of carbonyl (C=O) groups excluding carboxylic acids is 1. The van der Waals surface area contributed by atoms with Crippen molar-refractivity contribution < 1.29 is 40.6 Å². The molecular formula is C13H14F3N5O6S2. The highest BCUT2D eigenvalue weighted by Gasteiger charge is 2.44. The van der Waals surface area contributed by atoms with Crippen LogP contribution in [0.4, 0.5) is 23.9 Å². The molecule has 2 rings (SSSR count). The Morgan fingerprint density at radius 1 is 1.17 bits per heavy atom. The predicted molar refractivity (Wildman–Crippen MR) is 92.4 cm³/mol. The average molecular weight is 457 g/mol. The molecule has 2 aromatic heterocycles. The van der Waals surface area contributed by atoms with Crippen LogP contribution in [0, 0.1) is 0 Å². The van der Waals surface area contributed by atoms with Crippen molar-refractivity contribution in [2.75, 3.05) is 26.6 Å². The highest BCUT2D eigenvalue weighted by atomic mass is 32.2. The Balaban J connectivity index is 2.23. The highest BCUT2D eigenvalue weighted by Crippen LogP contribution is 2.40. The Labute approximate surface area is 166 Å². The van der Waals surface area contributed by atoms with Gasteiger partial charge in [0.1, 0.15) is 4.21 Å². The van der Waals surface area contributed by atoms with E-state index in [-0.39, 0.29) is 12.0 Å². The minimum Gasteiger partial charge on any atom is -0.467 e. The summed E-state index contributed by atoms with van der Waals surface area (Å²) < 4.78 is 79.7. The summed E-state index contributed by atoms with van der Waals surface area (Å²) in [5.74, 6) is -0.429. The number of nitrogens with one attached hydrogen (secondary N) is 2. The first-order valence-electron chi connectivity index (χ1n) is 7.36. The van der Waals surface area contributed by atoms with E-state index in [4.69, 9.17) is 9.47 Å². The van der Waals surface area contributed by atoms with Crippen LogP contribution in [0.15, 0.2) is 15.7 Å². The van der Waals surface area contributed by atoms with Crippen LogP contribution in [0.1, 0.15) is 11.7 Å². The molecule has 0 bridgehead atoms. The second-order valence-corrected chi connectivity index (χ2v) is 7.78. The Bertz CT molecular complexity index is 965. The van der Waals surface area contributed by atoms with E-state index >= 15 is 0 Å². The maximum Gasteiger partial charge on any atom is 0.390 e. The van der Waals surface area contributed by atoms with E-state index in [0.717, 1.165) is 11.4 Å². The van der Waals surface area contributed by atoms with Gasteiger partial charge in [0.05, 0.1) is 14.2 Å². The number of ether oxygens (including phenoxy) is 3. The fraction of sp³-hybridized carbons (Fsp3) is 0.385. The quantitative estimate of drug-likeness (QED) is 0.606. The summed E-state index contributed by atoms with van der Waals surface area (Å²) in [6.07, 6.45) is -7.35. The number of urea groups is 1. The second-order valence-electron chi connectivity index (χ2n) is 4.98.